The molecule has 2 heterocycles. The molecule has 0 spiro atoms. The maximum atomic E-state index is 6.50. The minimum Gasteiger partial charge on any atom is -0.312 e. The molecule has 2 aromatic heterocycles. The van der Waals surface area contributed by atoms with Crippen molar-refractivity contribution in [1.29, 1.82) is 0 Å². The van der Waals surface area contributed by atoms with Gasteiger partial charge in [-0.1, -0.05) is 41.9 Å². The summed E-state index contributed by atoms with van der Waals surface area (Å²) in [6.45, 7) is 1.90. The number of fused-ring (bicyclic) bond motifs is 1. The molecule has 0 saturated heterocycles. The molecule has 1 N–H and O–H groups in total. The highest BCUT2D eigenvalue weighted by molar-refractivity contribution is 6.32. The third-order valence-electron chi connectivity index (χ3n) is 4.19. The molecule has 7 heteroatoms. The molecule has 4 rings (SSSR count). The molecular formula is C19H17ClN6. The molecule has 6 nitrogen and oxygen atoms in total. The summed E-state index contributed by atoms with van der Waals surface area (Å²) in [7, 11) is 1.94. The van der Waals surface area contributed by atoms with Gasteiger partial charge in [-0.3, -0.25) is 0 Å². The van der Waals surface area contributed by atoms with Gasteiger partial charge in [-0.05, 0) is 31.2 Å². The van der Waals surface area contributed by atoms with Gasteiger partial charge in [0, 0.05) is 7.05 Å². The van der Waals surface area contributed by atoms with Crippen molar-refractivity contribution in [2.75, 3.05) is 5.43 Å². The number of halogens is 1. The molecular weight excluding hydrogens is 348 g/mol. The van der Waals surface area contributed by atoms with E-state index in [1.165, 1.54) is 0 Å². The van der Waals surface area contributed by atoms with Gasteiger partial charge in [0.05, 0.1) is 34.2 Å². The zero-order valence-corrected chi connectivity index (χ0v) is 15.1. The summed E-state index contributed by atoms with van der Waals surface area (Å²) in [5.41, 5.74) is 7.41. The van der Waals surface area contributed by atoms with Gasteiger partial charge in [0.2, 0.25) is 5.95 Å². The zero-order chi connectivity index (χ0) is 18.1. The highest BCUT2D eigenvalue weighted by Gasteiger charge is 2.13. The van der Waals surface area contributed by atoms with E-state index in [2.05, 4.69) is 20.6 Å². The summed E-state index contributed by atoms with van der Waals surface area (Å²) >= 11 is 6.50. The van der Waals surface area contributed by atoms with Crippen molar-refractivity contribution in [3.8, 4) is 5.69 Å². The van der Waals surface area contributed by atoms with Crippen molar-refractivity contribution >= 4 is 34.8 Å². The third kappa shape index (κ3) is 2.84. The molecule has 0 fully saturated rings. The first-order valence-electron chi connectivity index (χ1n) is 8.16. The molecule has 0 unspecified atom stereocenters. The van der Waals surface area contributed by atoms with Crippen molar-refractivity contribution in [2.45, 2.75) is 6.92 Å². The number of nitrogens with one attached hydrogen (secondary N) is 1. The Morgan fingerprint density at radius 2 is 1.81 bits per heavy atom. The molecule has 0 radical (unpaired) electrons. The topological polar surface area (TPSA) is 60.0 Å². The Balaban J connectivity index is 1.61. The first-order chi connectivity index (χ1) is 12.6. The lowest BCUT2D eigenvalue weighted by Gasteiger charge is -2.02. The van der Waals surface area contributed by atoms with Crippen LogP contribution >= 0.6 is 11.6 Å². The second-order valence-corrected chi connectivity index (χ2v) is 6.25. The highest BCUT2D eigenvalue weighted by Crippen LogP contribution is 2.22. The summed E-state index contributed by atoms with van der Waals surface area (Å²) < 4.78 is 3.65. The van der Waals surface area contributed by atoms with E-state index in [-0.39, 0.29) is 0 Å². The molecule has 26 heavy (non-hydrogen) atoms. The fourth-order valence-electron chi connectivity index (χ4n) is 2.80. The SMILES string of the molecule is Cc1nn(-c2ccccc2)c(Cl)c1C=NNc1nc2ccccc2n1C. The van der Waals surface area contributed by atoms with Crippen LogP contribution in [-0.2, 0) is 7.05 Å². The van der Waals surface area contributed by atoms with Gasteiger partial charge in [0.15, 0.2) is 0 Å². The summed E-state index contributed by atoms with van der Waals surface area (Å²) in [6.07, 6.45) is 1.67. The normalized spacial score (nSPS) is 11.5. The van der Waals surface area contributed by atoms with Gasteiger partial charge in [-0.15, -0.1) is 0 Å². The van der Waals surface area contributed by atoms with Gasteiger partial charge in [-0.2, -0.15) is 10.2 Å². The lowest BCUT2D eigenvalue weighted by molar-refractivity contribution is 0.863. The van der Waals surface area contributed by atoms with Gasteiger partial charge in [0.1, 0.15) is 5.15 Å². The van der Waals surface area contributed by atoms with Crippen LogP contribution in [0.2, 0.25) is 5.15 Å². The Morgan fingerprint density at radius 1 is 1.08 bits per heavy atom. The van der Waals surface area contributed by atoms with Crippen LogP contribution in [0.15, 0.2) is 59.7 Å². The summed E-state index contributed by atoms with van der Waals surface area (Å²) in [5, 5.41) is 9.32. The average molecular weight is 365 g/mol. The van der Waals surface area contributed by atoms with Gasteiger partial charge in [0.25, 0.3) is 0 Å². The molecule has 130 valence electrons. The van der Waals surface area contributed by atoms with Crippen molar-refractivity contribution in [3.05, 3.63) is 71.0 Å². The van der Waals surface area contributed by atoms with Crippen LogP contribution in [0.4, 0.5) is 5.95 Å². The molecule has 4 aromatic rings. The highest BCUT2D eigenvalue weighted by atomic mass is 35.5. The Bertz CT molecular complexity index is 1090. The monoisotopic (exact) mass is 364 g/mol. The van der Waals surface area contributed by atoms with E-state index in [9.17, 15) is 0 Å². The minimum atomic E-state index is 0.518. The van der Waals surface area contributed by atoms with Crippen LogP contribution in [0, 0.1) is 6.92 Å². The third-order valence-corrected chi connectivity index (χ3v) is 4.56. The molecule has 0 aliphatic carbocycles. The maximum Gasteiger partial charge on any atom is 0.224 e. The van der Waals surface area contributed by atoms with E-state index in [0.717, 1.165) is 28.0 Å². The standard InChI is InChI=1S/C19H17ClN6/c1-13-15(18(20)26(24-13)14-8-4-3-5-9-14)12-21-23-19-22-16-10-6-7-11-17(16)25(19)2/h3-12H,1-2H3,(H,22,23). The molecule has 0 bridgehead atoms. The van der Waals surface area contributed by atoms with E-state index >= 15 is 0 Å². The van der Waals surface area contributed by atoms with Crippen LogP contribution in [0.3, 0.4) is 0 Å². The lowest BCUT2D eigenvalue weighted by Crippen LogP contribution is -1.99. The van der Waals surface area contributed by atoms with Crippen molar-refractivity contribution in [1.82, 2.24) is 19.3 Å². The molecule has 2 aromatic carbocycles. The number of nitrogens with zero attached hydrogens (tertiary/aromatic N) is 5. The Morgan fingerprint density at radius 3 is 2.58 bits per heavy atom. The van der Waals surface area contributed by atoms with Crippen molar-refractivity contribution in [3.63, 3.8) is 0 Å². The quantitative estimate of drug-likeness (QED) is 0.437. The van der Waals surface area contributed by atoms with Crippen molar-refractivity contribution < 1.29 is 0 Å². The lowest BCUT2D eigenvalue weighted by atomic mass is 10.3. The second kappa shape index (κ2) is 6.65. The summed E-state index contributed by atoms with van der Waals surface area (Å²) in [6, 6.07) is 17.7. The van der Waals surface area contributed by atoms with Crippen LogP contribution in [0.25, 0.3) is 16.7 Å². The first kappa shape index (κ1) is 16.4. The smallest absolute Gasteiger partial charge is 0.224 e. The number of hydrogen-bond acceptors (Lipinski definition) is 4. The molecule has 0 aliphatic rings. The molecule has 0 aliphatic heterocycles. The van der Waals surface area contributed by atoms with Gasteiger partial charge < -0.3 is 4.57 Å². The largest absolute Gasteiger partial charge is 0.312 e. The van der Waals surface area contributed by atoms with E-state index in [0.29, 0.717) is 11.1 Å². The van der Waals surface area contributed by atoms with E-state index in [1.807, 2.05) is 73.1 Å². The van der Waals surface area contributed by atoms with E-state index in [4.69, 9.17) is 11.6 Å². The van der Waals surface area contributed by atoms with Gasteiger partial charge >= 0.3 is 0 Å². The number of aromatic nitrogens is 4. The number of para-hydroxylation sites is 3. The van der Waals surface area contributed by atoms with Gasteiger partial charge in [-0.25, -0.2) is 15.1 Å². The fraction of sp³-hybridized carbons (Fsp3) is 0.105. The predicted octanol–water partition coefficient (Wildman–Crippen LogP) is 4.17. The van der Waals surface area contributed by atoms with E-state index < -0.39 is 0 Å². The number of imidazole rings is 1. The molecule has 0 saturated carbocycles. The number of benzene rings is 2. The van der Waals surface area contributed by atoms with Crippen LogP contribution in [0.1, 0.15) is 11.3 Å². The van der Waals surface area contributed by atoms with Crippen LogP contribution < -0.4 is 5.43 Å². The minimum absolute atomic E-state index is 0.518. The number of anilines is 1. The summed E-state index contributed by atoms with van der Waals surface area (Å²) in [4.78, 5) is 4.53. The number of hydrogen-bond donors (Lipinski definition) is 1. The van der Waals surface area contributed by atoms with Crippen LogP contribution in [0.5, 0.6) is 0 Å². The Hall–Kier alpha value is -3.12. The maximum absolute atomic E-state index is 6.50. The fourth-order valence-corrected chi connectivity index (χ4v) is 3.12. The second-order valence-electron chi connectivity index (χ2n) is 5.89. The van der Waals surface area contributed by atoms with Crippen LogP contribution in [-0.4, -0.2) is 25.5 Å². The molecule has 0 atom stereocenters. The molecule has 0 amide bonds. The Kier molecular flexibility index (Phi) is 4.18. The number of rotatable bonds is 4. The number of hydrazone groups is 1. The van der Waals surface area contributed by atoms with E-state index in [1.54, 1.807) is 10.9 Å². The first-order valence-corrected chi connectivity index (χ1v) is 8.54. The number of aryl methyl sites for hydroxylation is 2. The zero-order valence-electron chi connectivity index (χ0n) is 14.4. The van der Waals surface area contributed by atoms with Crippen molar-refractivity contribution in [2.24, 2.45) is 12.1 Å². The average Bonchev–Trinajstić information content (AvgIpc) is 3.14. The summed E-state index contributed by atoms with van der Waals surface area (Å²) in [5.74, 6) is 0.659. The predicted molar refractivity (Wildman–Crippen MR) is 105 cm³/mol. The Labute approximate surface area is 155 Å².